The third-order valence-corrected chi connectivity index (χ3v) is 6.58. The van der Waals surface area contributed by atoms with Crippen molar-refractivity contribution < 1.29 is 13.2 Å². The molecule has 1 atom stereocenters. The van der Waals surface area contributed by atoms with Gasteiger partial charge in [-0.25, -0.2) is 4.98 Å². The molecular formula is C19H23N5O3S. The van der Waals surface area contributed by atoms with Crippen molar-refractivity contribution in [1.82, 2.24) is 14.5 Å². The second-order valence-corrected chi connectivity index (χ2v) is 8.65. The van der Waals surface area contributed by atoms with Gasteiger partial charge in [0.15, 0.2) is 0 Å². The molecule has 0 radical (unpaired) electrons. The number of aryl methyl sites for hydroxylation is 1. The monoisotopic (exact) mass is 401 g/mol. The Hall–Kier alpha value is -2.68. The molecule has 1 fully saturated rings. The number of imidazole rings is 1. The average molecular weight is 401 g/mol. The number of carbonyl (C=O) groups is 1. The lowest BCUT2D eigenvalue weighted by Crippen LogP contribution is -2.45. The third kappa shape index (κ3) is 3.54. The van der Waals surface area contributed by atoms with Crippen molar-refractivity contribution >= 4 is 27.5 Å². The van der Waals surface area contributed by atoms with Crippen LogP contribution in [0.1, 0.15) is 25.6 Å². The molecule has 28 heavy (non-hydrogen) atoms. The number of fused-ring (bicyclic) bond motifs is 1. The van der Waals surface area contributed by atoms with Crippen LogP contribution in [-0.2, 0) is 27.8 Å². The van der Waals surface area contributed by atoms with Gasteiger partial charge in [-0.05, 0) is 25.0 Å². The molecule has 1 amide bonds. The molecule has 0 aliphatic carbocycles. The number of nitrogens with zero attached hydrogens (tertiary/aromatic N) is 4. The van der Waals surface area contributed by atoms with Crippen LogP contribution in [-0.4, -0.2) is 47.7 Å². The van der Waals surface area contributed by atoms with Gasteiger partial charge >= 0.3 is 0 Å². The van der Waals surface area contributed by atoms with Gasteiger partial charge in [-0.3, -0.25) is 4.79 Å². The number of rotatable bonds is 4. The Labute approximate surface area is 164 Å². The molecule has 2 aliphatic heterocycles. The predicted molar refractivity (Wildman–Crippen MR) is 106 cm³/mol. The van der Waals surface area contributed by atoms with Crippen molar-refractivity contribution in [1.29, 1.82) is 0 Å². The summed E-state index contributed by atoms with van der Waals surface area (Å²) in [6.45, 7) is 3.38. The molecule has 1 aromatic heterocycles. The number of carbonyl (C=O) groups excluding carboxylic acids is 1. The molecule has 2 aromatic rings. The van der Waals surface area contributed by atoms with E-state index in [0.29, 0.717) is 24.6 Å². The Bertz CT molecular complexity index is 1030. The van der Waals surface area contributed by atoms with Crippen LogP contribution in [0.5, 0.6) is 0 Å². The minimum Gasteiger partial charge on any atom is -0.342 e. The van der Waals surface area contributed by atoms with Gasteiger partial charge in [0.25, 0.3) is 10.0 Å². The molecule has 1 unspecified atom stereocenters. The topological polar surface area (TPSA) is 96.7 Å². The molecule has 1 N–H and O–H groups in total. The maximum atomic E-state index is 12.8. The lowest BCUT2D eigenvalue weighted by atomic mass is 9.96. The molecule has 148 valence electrons. The van der Waals surface area contributed by atoms with Crippen LogP contribution in [0.15, 0.2) is 46.0 Å². The summed E-state index contributed by atoms with van der Waals surface area (Å²) >= 11 is 0. The van der Waals surface area contributed by atoms with Crippen LogP contribution in [0.2, 0.25) is 0 Å². The van der Waals surface area contributed by atoms with E-state index in [9.17, 15) is 13.2 Å². The van der Waals surface area contributed by atoms with Crippen molar-refractivity contribution in [2.45, 2.75) is 37.6 Å². The zero-order chi connectivity index (χ0) is 19.7. The number of sulfonamides is 1. The van der Waals surface area contributed by atoms with Crippen molar-refractivity contribution in [3.63, 3.8) is 0 Å². The van der Waals surface area contributed by atoms with E-state index in [-0.39, 0.29) is 23.3 Å². The number of amides is 1. The summed E-state index contributed by atoms with van der Waals surface area (Å²) in [5, 5.41) is 3.16. The summed E-state index contributed by atoms with van der Waals surface area (Å²) < 4.78 is 30.9. The van der Waals surface area contributed by atoms with E-state index in [4.69, 9.17) is 0 Å². The first-order valence-electron chi connectivity index (χ1n) is 9.46. The van der Waals surface area contributed by atoms with Gasteiger partial charge in [0, 0.05) is 37.8 Å². The molecule has 9 heteroatoms. The molecule has 1 aromatic carbocycles. The highest BCUT2D eigenvalue weighted by Gasteiger charge is 2.32. The van der Waals surface area contributed by atoms with Gasteiger partial charge in [0.2, 0.25) is 5.91 Å². The van der Waals surface area contributed by atoms with Crippen LogP contribution >= 0.6 is 0 Å². The largest absolute Gasteiger partial charge is 0.342 e. The molecule has 0 spiro atoms. The zero-order valence-electron chi connectivity index (χ0n) is 15.7. The molecule has 0 saturated carbocycles. The minimum atomic E-state index is -3.72. The Morgan fingerprint density at radius 2 is 2.14 bits per heavy atom. The lowest BCUT2D eigenvalue weighted by molar-refractivity contribution is -0.133. The highest BCUT2D eigenvalue weighted by Crippen LogP contribution is 2.30. The number of likely N-dealkylation sites (tertiary alicyclic amines) is 1. The third-order valence-electron chi connectivity index (χ3n) is 5.23. The van der Waals surface area contributed by atoms with E-state index >= 15 is 0 Å². The first-order chi connectivity index (χ1) is 13.5. The average Bonchev–Trinajstić information content (AvgIpc) is 3.14. The van der Waals surface area contributed by atoms with Crippen LogP contribution in [0.4, 0.5) is 5.69 Å². The van der Waals surface area contributed by atoms with E-state index in [1.54, 1.807) is 35.4 Å². The Kier molecular flexibility index (Phi) is 4.92. The molecule has 1 saturated heterocycles. The van der Waals surface area contributed by atoms with E-state index in [2.05, 4.69) is 14.7 Å². The van der Waals surface area contributed by atoms with E-state index in [0.717, 1.165) is 25.1 Å². The summed E-state index contributed by atoms with van der Waals surface area (Å²) in [6.07, 6.45) is 5.88. The van der Waals surface area contributed by atoms with Gasteiger partial charge in [-0.2, -0.15) is 8.42 Å². The Morgan fingerprint density at radius 1 is 1.32 bits per heavy atom. The van der Waals surface area contributed by atoms with Gasteiger partial charge in [-0.15, -0.1) is 4.40 Å². The molecular weight excluding hydrogens is 378 g/mol. The van der Waals surface area contributed by atoms with Crippen molar-refractivity contribution in [3.8, 4) is 0 Å². The number of nitrogens with one attached hydrogen (secondary N) is 1. The molecule has 3 heterocycles. The number of hydrogen-bond acceptors (Lipinski definition) is 5. The van der Waals surface area contributed by atoms with E-state index < -0.39 is 10.0 Å². The summed E-state index contributed by atoms with van der Waals surface area (Å²) in [7, 11) is -3.72. The van der Waals surface area contributed by atoms with E-state index in [1.807, 2.05) is 17.7 Å². The zero-order valence-corrected chi connectivity index (χ0v) is 16.5. The van der Waals surface area contributed by atoms with E-state index in [1.165, 1.54) is 0 Å². The van der Waals surface area contributed by atoms with Crippen LogP contribution in [0.3, 0.4) is 0 Å². The SMILES string of the molecule is CCc1nccn1CC(=O)N1CCCC(C2=NS(=O)(=O)c3ccccc3N2)C1. The first kappa shape index (κ1) is 18.7. The Balaban J connectivity index is 1.50. The van der Waals surface area contributed by atoms with Crippen LogP contribution in [0.25, 0.3) is 0 Å². The molecule has 2 aliphatic rings. The van der Waals surface area contributed by atoms with Gasteiger partial charge in [0.05, 0.1) is 5.69 Å². The number of anilines is 1. The second kappa shape index (κ2) is 7.38. The van der Waals surface area contributed by atoms with Gasteiger partial charge in [-0.1, -0.05) is 19.1 Å². The maximum Gasteiger partial charge on any atom is 0.286 e. The van der Waals surface area contributed by atoms with Crippen LogP contribution in [0, 0.1) is 5.92 Å². The fourth-order valence-electron chi connectivity index (χ4n) is 3.78. The number of aromatic nitrogens is 2. The molecule has 8 nitrogen and oxygen atoms in total. The highest BCUT2D eigenvalue weighted by molar-refractivity contribution is 7.90. The minimum absolute atomic E-state index is 0.0112. The van der Waals surface area contributed by atoms with Crippen molar-refractivity contribution in [3.05, 3.63) is 42.5 Å². The summed E-state index contributed by atoms with van der Waals surface area (Å²) in [6, 6.07) is 6.75. The van der Waals surface area contributed by atoms with Gasteiger partial charge in [0.1, 0.15) is 23.1 Å². The van der Waals surface area contributed by atoms with Crippen molar-refractivity contribution in [2.75, 3.05) is 18.4 Å². The number of para-hydroxylation sites is 1. The lowest BCUT2D eigenvalue weighted by Gasteiger charge is -2.34. The number of hydrogen-bond donors (Lipinski definition) is 1. The van der Waals surface area contributed by atoms with Crippen LogP contribution < -0.4 is 5.32 Å². The van der Waals surface area contributed by atoms with Gasteiger partial charge < -0.3 is 14.8 Å². The molecule has 0 bridgehead atoms. The quantitative estimate of drug-likeness (QED) is 0.844. The highest BCUT2D eigenvalue weighted by atomic mass is 32.2. The number of piperidine rings is 1. The Morgan fingerprint density at radius 3 is 2.96 bits per heavy atom. The first-order valence-corrected chi connectivity index (χ1v) is 10.9. The predicted octanol–water partition coefficient (Wildman–Crippen LogP) is 1.90. The van der Waals surface area contributed by atoms with Crippen molar-refractivity contribution in [2.24, 2.45) is 10.3 Å². The summed E-state index contributed by atoms with van der Waals surface area (Å²) in [5.74, 6) is 1.18. The smallest absolute Gasteiger partial charge is 0.286 e. The summed E-state index contributed by atoms with van der Waals surface area (Å²) in [5.41, 5.74) is 0.543. The fourth-order valence-corrected chi connectivity index (χ4v) is 4.98. The maximum absolute atomic E-state index is 12.8. The number of amidine groups is 1. The summed E-state index contributed by atoms with van der Waals surface area (Å²) in [4.78, 5) is 19.0. The molecule has 4 rings (SSSR count). The normalized spacial score (nSPS) is 20.8. The fraction of sp³-hybridized carbons (Fsp3) is 0.421. The second-order valence-electron chi connectivity index (χ2n) is 7.08. The number of benzene rings is 1. The standard InChI is InChI=1S/C19H23N5O3S/c1-2-17-20-9-11-23(17)13-18(25)24-10-5-6-14(12-24)19-21-15-7-3-4-8-16(15)28(26,27)22-19/h3-4,7-9,11,14H,2,5-6,10,12-13H2,1H3,(H,21,22).